The van der Waals surface area contributed by atoms with Gasteiger partial charge in [0.2, 0.25) is 0 Å². The highest BCUT2D eigenvalue weighted by Gasteiger charge is 2.32. The van der Waals surface area contributed by atoms with Crippen molar-refractivity contribution in [1.82, 2.24) is 9.78 Å². The monoisotopic (exact) mass is 377 g/mol. The molecule has 1 N–H and O–H groups in total. The van der Waals surface area contributed by atoms with Gasteiger partial charge in [0.15, 0.2) is 0 Å². The third-order valence-electron chi connectivity index (χ3n) is 4.75. The molecule has 0 atom stereocenters. The maximum atomic E-state index is 13.1. The van der Waals surface area contributed by atoms with Gasteiger partial charge in [-0.15, -0.1) is 0 Å². The summed E-state index contributed by atoms with van der Waals surface area (Å²) in [6, 6.07) is 7.27. The predicted octanol–water partition coefficient (Wildman–Crippen LogP) is 4.11. The fourth-order valence-corrected chi connectivity index (χ4v) is 4.79. The van der Waals surface area contributed by atoms with Crippen molar-refractivity contribution < 1.29 is 13.2 Å². The number of hydrogen-bond donors (Lipinski definition) is 1. The van der Waals surface area contributed by atoms with E-state index in [4.69, 9.17) is 4.74 Å². The molecular weight excluding hydrogens is 350 g/mol. The minimum absolute atomic E-state index is 0.239. The summed E-state index contributed by atoms with van der Waals surface area (Å²) in [5, 5.41) is 4.68. The van der Waals surface area contributed by atoms with Crippen molar-refractivity contribution in [2.24, 2.45) is 0 Å². The number of sulfonamides is 1. The Bertz CT molecular complexity index is 876. The first-order valence-corrected chi connectivity index (χ1v) is 10.5. The van der Waals surface area contributed by atoms with Crippen LogP contribution in [0.15, 0.2) is 35.4 Å². The summed E-state index contributed by atoms with van der Waals surface area (Å²) in [6.45, 7) is 5.95. The molecule has 1 aromatic carbocycles. The molecule has 0 bridgehead atoms. The predicted molar refractivity (Wildman–Crippen MR) is 102 cm³/mol. The van der Waals surface area contributed by atoms with Crippen LogP contribution in [0.25, 0.3) is 0 Å². The summed E-state index contributed by atoms with van der Waals surface area (Å²) in [4.78, 5) is 0.239. The van der Waals surface area contributed by atoms with Gasteiger partial charge in [-0.2, -0.15) is 5.10 Å². The first kappa shape index (κ1) is 18.8. The van der Waals surface area contributed by atoms with Crippen molar-refractivity contribution in [3.63, 3.8) is 0 Å². The van der Waals surface area contributed by atoms with Crippen molar-refractivity contribution in [2.45, 2.75) is 62.8 Å². The van der Waals surface area contributed by atoms with E-state index in [0.29, 0.717) is 17.1 Å². The van der Waals surface area contributed by atoms with Gasteiger partial charge in [0.1, 0.15) is 10.6 Å². The first-order valence-electron chi connectivity index (χ1n) is 8.98. The molecule has 0 radical (unpaired) electrons. The SMILES string of the molecule is COc1ccccc1NS(=O)(=O)c1cn(C2CCCC2)nc1C(C)(C)C. The average molecular weight is 378 g/mol. The maximum Gasteiger partial charge on any atom is 0.265 e. The van der Waals surface area contributed by atoms with Crippen LogP contribution < -0.4 is 9.46 Å². The van der Waals surface area contributed by atoms with E-state index in [9.17, 15) is 8.42 Å². The van der Waals surface area contributed by atoms with Gasteiger partial charge in [0.05, 0.1) is 24.5 Å². The average Bonchev–Trinajstić information content (AvgIpc) is 3.24. The molecule has 1 aromatic heterocycles. The molecule has 1 aliphatic carbocycles. The smallest absolute Gasteiger partial charge is 0.265 e. The Morgan fingerprint density at radius 3 is 2.46 bits per heavy atom. The highest BCUT2D eigenvalue weighted by molar-refractivity contribution is 7.92. The Hall–Kier alpha value is -2.02. The first-order chi connectivity index (χ1) is 12.2. The lowest BCUT2D eigenvalue weighted by atomic mass is 9.92. The van der Waals surface area contributed by atoms with Crippen molar-refractivity contribution in [1.29, 1.82) is 0 Å². The topological polar surface area (TPSA) is 73.2 Å². The van der Waals surface area contributed by atoms with Gasteiger partial charge >= 0.3 is 0 Å². The van der Waals surface area contributed by atoms with Gasteiger partial charge in [-0.1, -0.05) is 45.7 Å². The van der Waals surface area contributed by atoms with E-state index in [1.54, 1.807) is 30.5 Å². The number of nitrogens with one attached hydrogen (secondary N) is 1. The van der Waals surface area contributed by atoms with Crippen LogP contribution in [0.2, 0.25) is 0 Å². The zero-order valence-electron chi connectivity index (χ0n) is 15.8. The zero-order valence-corrected chi connectivity index (χ0v) is 16.6. The van der Waals surface area contributed by atoms with Gasteiger partial charge in [-0.05, 0) is 25.0 Å². The van der Waals surface area contributed by atoms with Crippen LogP contribution in [0.3, 0.4) is 0 Å². The largest absolute Gasteiger partial charge is 0.495 e. The molecular formula is C19H27N3O3S. The van der Waals surface area contributed by atoms with E-state index in [-0.39, 0.29) is 16.4 Å². The van der Waals surface area contributed by atoms with E-state index in [2.05, 4.69) is 9.82 Å². The molecule has 1 fully saturated rings. The Morgan fingerprint density at radius 2 is 1.85 bits per heavy atom. The summed E-state index contributed by atoms with van der Waals surface area (Å²) < 4.78 is 36.1. The van der Waals surface area contributed by atoms with Gasteiger partial charge in [-0.3, -0.25) is 9.40 Å². The standard InChI is InChI=1S/C19H27N3O3S/c1-19(2,3)18-17(13-22(20-18)14-9-5-6-10-14)26(23,24)21-15-11-7-8-12-16(15)25-4/h7-8,11-14,21H,5-6,9-10H2,1-4H3. The minimum Gasteiger partial charge on any atom is -0.495 e. The normalized spacial score (nSPS) is 16.0. The molecule has 3 rings (SSSR count). The molecule has 0 saturated heterocycles. The lowest BCUT2D eigenvalue weighted by molar-refractivity contribution is 0.417. The molecule has 2 aromatic rings. The van der Waals surface area contributed by atoms with E-state index < -0.39 is 10.0 Å². The molecule has 1 heterocycles. The summed E-state index contributed by atoms with van der Waals surface area (Å²) >= 11 is 0. The fraction of sp³-hybridized carbons (Fsp3) is 0.526. The molecule has 0 spiro atoms. The summed E-state index contributed by atoms with van der Waals surface area (Å²) in [7, 11) is -2.26. The third-order valence-corrected chi connectivity index (χ3v) is 6.11. The number of aromatic nitrogens is 2. The Balaban J connectivity index is 2.03. The molecule has 0 aliphatic heterocycles. The lowest BCUT2D eigenvalue weighted by Crippen LogP contribution is -2.20. The van der Waals surface area contributed by atoms with Crippen LogP contribution in [-0.2, 0) is 15.4 Å². The van der Waals surface area contributed by atoms with E-state index >= 15 is 0 Å². The number of methoxy groups -OCH3 is 1. The summed E-state index contributed by atoms with van der Waals surface area (Å²) in [5.74, 6) is 0.483. The highest BCUT2D eigenvalue weighted by Crippen LogP contribution is 2.35. The number of para-hydroxylation sites is 2. The molecule has 0 unspecified atom stereocenters. The van der Waals surface area contributed by atoms with Crippen molar-refractivity contribution in [3.05, 3.63) is 36.2 Å². The number of benzene rings is 1. The minimum atomic E-state index is -3.78. The highest BCUT2D eigenvalue weighted by atomic mass is 32.2. The van der Waals surface area contributed by atoms with Gasteiger partial charge in [0, 0.05) is 11.6 Å². The molecule has 1 aliphatic rings. The van der Waals surface area contributed by atoms with Crippen molar-refractivity contribution >= 4 is 15.7 Å². The van der Waals surface area contributed by atoms with Crippen LogP contribution in [0.5, 0.6) is 5.75 Å². The second kappa shape index (κ2) is 6.95. The number of nitrogens with zero attached hydrogens (tertiary/aromatic N) is 2. The second-order valence-corrected chi connectivity index (χ2v) is 9.47. The summed E-state index contributed by atoms with van der Waals surface area (Å²) in [6.07, 6.45) is 6.11. The second-order valence-electron chi connectivity index (χ2n) is 7.82. The summed E-state index contributed by atoms with van der Waals surface area (Å²) in [5.41, 5.74) is 0.629. The van der Waals surface area contributed by atoms with Crippen LogP contribution in [0.4, 0.5) is 5.69 Å². The molecule has 142 valence electrons. The van der Waals surface area contributed by atoms with Gasteiger partial charge in [0.25, 0.3) is 10.0 Å². The number of rotatable bonds is 5. The van der Waals surface area contributed by atoms with Crippen LogP contribution in [0.1, 0.15) is 58.2 Å². The Labute approximate surface area is 155 Å². The number of ether oxygens (including phenoxy) is 1. The maximum absolute atomic E-state index is 13.1. The van der Waals surface area contributed by atoms with Crippen LogP contribution in [-0.4, -0.2) is 25.3 Å². The Kier molecular flexibility index (Phi) is 5.01. The molecule has 7 heteroatoms. The molecule has 0 amide bonds. The van der Waals surface area contributed by atoms with Crippen LogP contribution >= 0.6 is 0 Å². The quantitative estimate of drug-likeness (QED) is 0.851. The fourth-order valence-electron chi connectivity index (χ4n) is 3.38. The van der Waals surface area contributed by atoms with Gasteiger partial charge < -0.3 is 4.74 Å². The van der Waals surface area contributed by atoms with Crippen LogP contribution in [0, 0.1) is 0 Å². The molecule has 1 saturated carbocycles. The van der Waals surface area contributed by atoms with Crippen molar-refractivity contribution in [3.8, 4) is 5.75 Å². The van der Waals surface area contributed by atoms with E-state index in [1.807, 2.05) is 25.5 Å². The zero-order chi connectivity index (χ0) is 18.9. The van der Waals surface area contributed by atoms with Crippen molar-refractivity contribution in [2.75, 3.05) is 11.8 Å². The van der Waals surface area contributed by atoms with Gasteiger partial charge in [-0.25, -0.2) is 8.42 Å². The number of anilines is 1. The molecule has 6 nitrogen and oxygen atoms in total. The Morgan fingerprint density at radius 1 is 1.19 bits per heavy atom. The van der Waals surface area contributed by atoms with E-state index in [0.717, 1.165) is 25.7 Å². The molecule has 26 heavy (non-hydrogen) atoms. The lowest BCUT2D eigenvalue weighted by Gasteiger charge is -2.18. The number of hydrogen-bond acceptors (Lipinski definition) is 4. The third kappa shape index (κ3) is 3.72. The van der Waals surface area contributed by atoms with E-state index in [1.165, 1.54) is 7.11 Å².